The third kappa shape index (κ3) is 1.80. The predicted molar refractivity (Wildman–Crippen MR) is 53.3 cm³/mol. The standard InChI is InChI=1S/C9H11O4P/c1-11-6-4-5-7(14-10)9(13-3)8(6)12-2/h4-5H,1-3H3. The van der Waals surface area contributed by atoms with Crippen LogP contribution in [-0.4, -0.2) is 21.3 Å². The van der Waals surface area contributed by atoms with Crippen molar-refractivity contribution in [3.05, 3.63) is 12.1 Å². The van der Waals surface area contributed by atoms with Gasteiger partial charge in [0.25, 0.3) is 0 Å². The highest BCUT2D eigenvalue weighted by molar-refractivity contribution is 7.34. The van der Waals surface area contributed by atoms with E-state index in [2.05, 4.69) is 0 Å². The molecule has 0 unspecified atom stereocenters. The summed E-state index contributed by atoms with van der Waals surface area (Å²) in [7, 11) is 4.42. The summed E-state index contributed by atoms with van der Waals surface area (Å²) >= 11 is 0. The fraction of sp³-hybridized carbons (Fsp3) is 0.333. The van der Waals surface area contributed by atoms with Crippen molar-refractivity contribution < 1.29 is 18.8 Å². The van der Waals surface area contributed by atoms with Gasteiger partial charge in [0.15, 0.2) is 20.0 Å². The molecule has 0 aliphatic heterocycles. The summed E-state index contributed by atoms with van der Waals surface area (Å²) in [6.45, 7) is 0. The second kappa shape index (κ2) is 4.82. The number of ether oxygens (including phenoxy) is 3. The normalized spacial score (nSPS) is 9.93. The number of hydrogen-bond donors (Lipinski definition) is 0. The van der Waals surface area contributed by atoms with Crippen LogP contribution in [0.25, 0.3) is 0 Å². The minimum Gasteiger partial charge on any atom is -0.493 e. The first-order valence-electron chi connectivity index (χ1n) is 3.90. The van der Waals surface area contributed by atoms with E-state index in [0.717, 1.165) is 0 Å². The molecule has 76 valence electrons. The molecule has 5 heteroatoms. The summed E-state index contributed by atoms with van der Waals surface area (Å²) in [4.78, 5) is 0. The van der Waals surface area contributed by atoms with Crippen LogP contribution in [0, 0.1) is 0 Å². The highest BCUT2D eigenvalue weighted by atomic mass is 31.1. The van der Waals surface area contributed by atoms with Crippen LogP contribution in [0.15, 0.2) is 12.1 Å². The fourth-order valence-corrected chi connectivity index (χ4v) is 1.57. The molecular weight excluding hydrogens is 203 g/mol. The van der Waals surface area contributed by atoms with Gasteiger partial charge < -0.3 is 14.2 Å². The number of rotatable bonds is 4. The van der Waals surface area contributed by atoms with Gasteiger partial charge >= 0.3 is 0 Å². The van der Waals surface area contributed by atoms with Crippen molar-refractivity contribution in [2.24, 2.45) is 0 Å². The Morgan fingerprint density at radius 2 is 1.64 bits per heavy atom. The minimum absolute atomic E-state index is 0.110. The van der Waals surface area contributed by atoms with E-state index in [9.17, 15) is 4.57 Å². The zero-order valence-electron chi connectivity index (χ0n) is 8.23. The smallest absolute Gasteiger partial charge is 0.204 e. The van der Waals surface area contributed by atoms with Gasteiger partial charge in [-0.05, 0) is 12.1 Å². The number of benzene rings is 1. The molecule has 0 N–H and O–H groups in total. The molecule has 0 aromatic heterocycles. The van der Waals surface area contributed by atoms with Crippen LogP contribution in [0.2, 0.25) is 0 Å². The Balaban J connectivity index is 3.35. The third-order valence-corrected chi connectivity index (χ3v) is 2.33. The summed E-state index contributed by atoms with van der Waals surface area (Å²) in [5, 5.41) is 0.533. The SMILES string of the molecule is COc1ccc(P=O)c(OC)c1OC. The largest absolute Gasteiger partial charge is 0.493 e. The molecule has 0 aliphatic carbocycles. The first-order chi connectivity index (χ1) is 6.78. The molecule has 0 heterocycles. The summed E-state index contributed by atoms with van der Waals surface area (Å²) in [5.74, 6) is 1.44. The van der Waals surface area contributed by atoms with Crippen LogP contribution in [0.3, 0.4) is 0 Å². The second-order valence-corrected chi connectivity index (χ2v) is 3.11. The molecule has 4 nitrogen and oxygen atoms in total. The molecule has 0 radical (unpaired) electrons. The van der Waals surface area contributed by atoms with Crippen LogP contribution in [0.4, 0.5) is 0 Å². The molecule has 1 aromatic carbocycles. The van der Waals surface area contributed by atoms with Crippen molar-refractivity contribution in [3.8, 4) is 17.2 Å². The van der Waals surface area contributed by atoms with E-state index in [0.29, 0.717) is 22.6 Å². The minimum atomic E-state index is -0.110. The van der Waals surface area contributed by atoms with Gasteiger partial charge in [-0.15, -0.1) is 0 Å². The Kier molecular flexibility index (Phi) is 3.72. The van der Waals surface area contributed by atoms with E-state index in [-0.39, 0.29) is 8.46 Å². The van der Waals surface area contributed by atoms with Gasteiger partial charge in [0.1, 0.15) is 0 Å². The molecule has 1 aromatic rings. The molecule has 0 atom stereocenters. The molecule has 1 rings (SSSR count). The average Bonchev–Trinajstić information content (AvgIpc) is 2.26. The molecule has 0 spiro atoms. The summed E-state index contributed by atoms with van der Waals surface area (Å²) in [5.41, 5.74) is 0. The molecule has 0 amide bonds. The van der Waals surface area contributed by atoms with Gasteiger partial charge in [-0.25, -0.2) is 0 Å². The van der Waals surface area contributed by atoms with Crippen LogP contribution < -0.4 is 19.5 Å². The average molecular weight is 214 g/mol. The van der Waals surface area contributed by atoms with E-state index in [1.807, 2.05) is 0 Å². The van der Waals surface area contributed by atoms with Crippen molar-refractivity contribution in [2.45, 2.75) is 0 Å². The van der Waals surface area contributed by atoms with E-state index >= 15 is 0 Å². The van der Waals surface area contributed by atoms with Crippen molar-refractivity contribution in [2.75, 3.05) is 21.3 Å². The van der Waals surface area contributed by atoms with Crippen molar-refractivity contribution >= 4 is 13.8 Å². The molecule has 0 saturated carbocycles. The summed E-state index contributed by atoms with van der Waals surface area (Å²) in [6, 6.07) is 3.34. The number of methoxy groups -OCH3 is 3. The van der Waals surface area contributed by atoms with Crippen LogP contribution in [0.5, 0.6) is 17.2 Å². The lowest BCUT2D eigenvalue weighted by molar-refractivity contribution is 0.326. The van der Waals surface area contributed by atoms with Crippen molar-refractivity contribution in [1.82, 2.24) is 0 Å². The van der Waals surface area contributed by atoms with E-state index in [4.69, 9.17) is 14.2 Å². The summed E-state index contributed by atoms with van der Waals surface area (Å²) < 4.78 is 26.0. The molecular formula is C9H11O4P. The van der Waals surface area contributed by atoms with Crippen LogP contribution >= 0.6 is 8.46 Å². The van der Waals surface area contributed by atoms with Crippen molar-refractivity contribution in [3.63, 3.8) is 0 Å². The Labute approximate surface area is 84.0 Å². The topological polar surface area (TPSA) is 44.8 Å². The van der Waals surface area contributed by atoms with Gasteiger partial charge in [-0.3, -0.25) is 4.57 Å². The third-order valence-electron chi connectivity index (χ3n) is 1.78. The number of hydrogen-bond acceptors (Lipinski definition) is 4. The van der Waals surface area contributed by atoms with E-state index in [1.165, 1.54) is 21.3 Å². The Morgan fingerprint density at radius 1 is 1.00 bits per heavy atom. The monoisotopic (exact) mass is 214 g/mol. The van der Waals surface area contributed by atoms with Gasteiger partial charge in [-0.2, -0.15) is 0 Å². The molecule has 0 aliphatic rings. The van der Waals surface area contributed by atoms with E-state index < -0.39 is 0 Å². The van der Waals surface area contributed by atoms with Gasteiger partial charge in [0, 0.05) is 0 Å². The second-order valence-electron chi connectivity index (χ2n) is 2.44. The molecule has 0 fully saturated rings. The Hall–Kier alpha value is -1.28. The molecule has 0 saturated heterocycles. The molecule has 14 heavy (non-hydrogen) atoms. The maximum Gasteiger partial charge on any atom is 0.204 e. The summed E-state index contributed by atoms with van der Waals surface area (Å²) in [6.07, 6.45) is 0. The highest BCUT2D eigenvalue weighted by Crippen LogP contribution is 2.36. The fourth-order valence-electron chi connectivity index (χ4n) is 1.16. The maximum atomic E-state index is 10.8. The lowest BCUT2D eigenvalue weighted by Crippen LogP contribution is -2.03. The van der Waals surface area contributed by atoms with E-state index in [1.54, 1.807) is 12.1 Å². The lowest BCUT2D eigenvalue weighted by atomic mass is 10.3. The quantitative estimate of drug-likeness (QED) is 0.714. The van der Waals surface area contributed by atoms with Crippen molar-refractivity contribution in [1.29, 1.82) is 0 Å². The zero-order chi connectivity index (χ0) is 10.6. The zero-order valence-corrected chi connectivity index (χ0v) is 9.13. The molecule has 0 bridgehead atoms. The van der Waals surface area contributed by atoms with Crippen LogP contribution in [0.1, 0.15) is 0 Å². The highest BCUT2D eigenvalue weighted by Gasteiger charge is 2.15. The van der Waals surface area contributed by atoms with Gasteiger partial charge in [0.05, 0.1) is 26.6 Å². The maximum absolute atomic E-state index is 10.8. The lowest BCUT2D eigenvalue weighted by Gasteiger charge is -2.12. The Morgan fingerprint density at radius 3 is 2.07 bits per heavy atom. The Bertz CT molecular complexity index is 338. The first-order valence-corrected chi connectivity index (χ1v) is 4.72. The van der Waals surface area contributed by atoms with Crippen LogP contribution in [-0.2, 0) is 4.57 Å². The van der Waals surface area contributed by atoms with Gasteiger partial charge in [0.2, 0.25) is 5.75 Å². The van der Waals surface area contributed by atoms with Gasteiger partial charge in [-0.1, -0.05) is 0 Å². The first kappa shape index (κ1) is 10.8. The predicted octanol–water partition coefficient (Wildman–Crippen LogP) is 1.63.